The molecule has 0 bridgehead atoms. The zero-order chi connectivity index (χ0) is 20.7. The molecule has 0 aliphatic heterocycles. The van der Waals surface area contributed by atoms with E-state index in [0.717, 1.165) is 11.8 Å². The second-order valence-corrected chi connectivity index (χ2v) is 6.16. The van der Waals surface area contributed by atoms with Gasteiger partial charge in [-0.1, -0.05) is 6.92 Å². The van der Waals surface area contributed by atoms with Gasteiger partial charge in [0, 0.05) is 43.0 Å². The van der Waals surface area contributed by atoms with Crippen LogP contribution in [0.2, 0.25) is 0 Å². The Hall–Kier alpha value is -2.97. The summed E-state index contributed by atoms with van der Waals surface area (Å²) in [6.45, 7) is 2.05. The molecule has 2 rings (SSSR count). The van der Waals surface area contributed by atoms with Crippen molar-refractivity contribution in [3.63, 3.8) is 0 Å². The van der Waals surface area contributed by atoms with Gasteiger partial charge >= 0.3 is 6.18 Å². The molecule has 0 atom stereocenters. The van der Waals surface area contributed by atoms with Crippen LogP contribution in [0.3, 0.4) is 0 Å². The first-order chi connectivity index (χ1) is 13.2. The molecule has 0 saturated carbocycles. The number of ether oxygens (including phenoxy) is 1. The van der Waals surface area contributed by atoms with E-state index < -0.39 is 18.7 Å². The van der Waals surface area contributed by atoms with Crippen LogP contribution < -0.4 is 10.1 Å². The Morgan fingerprint density at radius 3 is 2.61 bits per heavy atom. The smallest absolute Gasteiger partial charge is 0.422 e. The van der Waals surface area contributed by atoms with Crippen LogP contribution in [0.25, 0.3) is 0 Å². The van der Waals surface area contributed by atoms with E-state index in [9.17, 15) is 22.8 Å². The first-order valence-electron chi connectivity index (χ1n) is 8.58. The average Bonchev–Trinajstić information content (AvgIpc) is 2.64. The highest BCUT2D eigenvalue weighted by Gasteiger charge is 2.29. The van der Waals surface area contributed by atoms with E-state index in [1.165, 1.54) is 13.0 Å². The molecule has 2 heterocycles. The van der Waals surface area contributed by atoms with Crippen molar-refractivity contribution in [3.05, 3.63) is 53.0 Å². The maximum Gasteiger partial charge on any atom is 0.422 e. The van der Waals surface area contributed by atoms with Crippen LogP contribution in [-0.2, 0) is 17.8 Å². The van der Waals surface area contributed by atoms with Gasteiger partial charge in [0.05, 0.1) is 5.56 Å². The van der Waals surface area contributed by atoms with Crippen molar-refractivity contribution in [1.82, 2.24) is 15.3 Å². The summed E-state index contributed by atoms with van der Waals surface area (Å²) in [5, 5.41) is 2.70. The van der Waals surface area contributed by atoms with Gasteiger partial charge in [-0.25, -0.2) is 4.98 Å². The number of Topliss-reactive ketones (excluding diaryl/α,β-unsaturated/α-hetero) is 1. The topological polar surface area (TPSA) is 81.2 Å². The molecule has 0 fully saturated rings. The highest BCUT2D eigenvalue weighted by molar-refractivity contribution is 5.94. The molecule has 9 heteroatoms. The molecule has 0 unspecified atom stereocenters. The summed E-state index contributed by atoms with van der Waals surface area (Å²) >= 11 is 0. The molecule has 0 spiro atoms. The number of pyridine rings is 2. The van der Waals surface area contributed by atoms with E-state index in [1.54, 1.807) is 25.3 Å². The molecular weight excluding hydrogens is 375 g/mol. The van der Waals surface area contributed by atoms with Gasteiger partial charge in [0.1, 0.15) is 5.78 Å². The summed E-state index contributed by atoms with van der Waals surface area (Å²) in [7, 11) is 0. The Bertz CT molecular complexity index is 854. The molecule has 0 aromatic carbocycles. The van der Waals surface area contributed by atoms with Gasteiger partial charge in [-0.05, 0) is 30.7 Å². The van der Waals surface area contributed by atoms with E-state index in [1.807, 2.05) is 0 Å². The Morgan fingerprint density at radius 2 is 1.96 bits per heavy atom. The first-order valence-corrected chi connectivity index (χ1v) is 8.58. The van der Waals surface area contributed by atoms with Crippen LogP contribution in [0.1, 0.15) is 40.5 Å². The van der Waals surface area contributed by atoms with E-state index in [2.05, 4.69) is 20.0 Å². The normalized spacial score (nSPS) is 11.2. The van der Waals surface area contributed by atoms with Crippen LogP contribution in [0.4, 0.5) is 13.2 Å². The van der Waals surface area contributed by atoms with Gasteiger partial charge in [-0.15, -0.1) is 0 Å². The van der Waals surface area contributed by atoms with Gasteiger partial charge in [0.2, 0.25) is 5.88 Å². The third-order valence-electron chi connectivity index (χ3n) is 3.77. The fraction of sp³-hybridized carbons (Fsp3) is 0.368. The SMILES string of the molecule is CCC(=O)Cc1cc(CNC(=O)c2cnc(OCC(F)(F)F)c(C)c2)ccn1. The van der Waals surface area contributed by atoms with E-state index in [0.29, 0.717) is 17.7 Å². The monoisotopic (exact) mass is 395 g/mol. The third-order valence-corrected chi connectivity index (χ3v) is 3.77. The Morgan fingerprint density at radius 1 is 1.21 bits per heavy atom. The molecule has 2 aromatic heterocycles. The largest absolute Gasteiger partial charge is 0.468 e. The number of hydrogen-bond donors (Lipinski definition) is 1. The van der Waals surface area contributed by atoms with Crippen molar-refractivity contribution in [2.45, 2.75) is 39.4 Å². The van der Waals surface area contributed by atoms with Gasteiger partial charge in [0.25, 0.3) is 5.91 Å². The Balaban J connectivity index is 1.97. The number of carbonyl (C=O) groups excluding carboxylic acids is 2. The predicted octanol–water partition coefficient (Wildman–Crippen LogP) is 3.18. The molecule has 150 valence electrons. The quantitative estimate of drug-likeness (QED) is 0.743. The van der Waals surface area contributed by atoms with Crippen LogP contribution in [0.5, 0.6) is 5.88 Å². The minimum atomic E-state index is -4.46. The number of aryl methyl sites for hydroxylation is 1. The van der Waals surface area contributed by atoms with Crippen molar-refractivity contribution in [2.75, 3.05) is 6.61 Å². The lowest BCUT2D eigenvalue weighted by molar-refractivity contribution is -0.154. The number of ketones is 1. The average molecular weight is 395 g/mol. The van der Waals surface area contributed by atoms with Gasteiger partial charge in [0.15, 0.2) is 6.61 Å². The molecule has 0 aliphatic rings. The van der Waals surface area contributed by atoms with Gasteiger partial charge in [-0.2, -0.15) is 13.2 Å². The molecule has 0 radical (unpaired) electrons. The molecule has 0 saturated heterocycles. The minimum absolute atomic E-state index is 0.0723. The minimum Gasteiger partial charge on any atom is -0.468 e. The number of nitrogens with one attached hydrogen (secondary N) is 1. The molecule has 0 aliphatic carbocycles. The van der Waals surface area contributed by atoms with E-state index in [-0.39, 0.29) is 30.2 Å². The summed E-state index contributed by atoms with van der Waals surface area (Å²) in [4.78, 5) is 31.7. The molecule has 2 aromatic rings. The van der Waals surface area contributed by atoms with Crippen LogP contribution >= 0.6 is 0 Å². The van der Waals surface area contributed by atoms with Crippen molar-refractivity contribution in [2.24, 2.45) is 0 Å². The number of hydrogen-bond acceptors (Lipinski definition) is 5. The number of amides is 1. The van der Waals surface area contributed by atoms with Crippen molar-refractivity contribution >= 4 is 11.7 Å². The number of rotatable bonds is 8. The maximum atomic E-state index is 12.3. The first kappa shape index (κ1) is 21.3. The van der Waals surface area contributed by atoms with E-state index in [4.69, 9.17) is 0 Å². The highest BCUT2D eigenvalue weighted by atomic mass is 19.4. The second-order valence-electron chi connectivity index (χ2n) is 6.16. The van der Waals surface area contributed by atoms with Crippen molar-refractivity contribution in [3.8, 4) is 5.88 Å². The van der Waals surface area contributed by atoms with E-state index >= 15 is 0 Å². The Labute approximate surface area is 160 Å². The summed E-state index contributed by atoms with van der Waals surface area (Å²) in [6, 6.07) is 4.87. The molecular formula is C19H20F3N3O3. The van der Waals surface area contributed by atoms with Gasteiger partial charge in [-0.3, -0.25) is 14.6 Å². The summed E-state index contributed by atoms with van der Waals surface area (Å²) < 4.78 is 41.3. The molecule has 6 nitrogen and oxygen atoms in total. The molecule has 28 heavy (non-hydrogen) atoms. The standard InChI is InChI=1S/C19H20F3N3O3/c1-3-16(26)8-15-7-13(4-5-23-15)9-24-17(27)14-6-12(2)18(25-10-14)28-11-19(20,21)22/h4-7,10H,3,8-9,11H2,1-2H3,(H,24,27). The number of aromatic nitrogens is 2. The van der Waals surface area contributed by atoms with Crippen molar-refractivity contribution < 1.29 is 27.5 Å². The lowest BCUT2D eigenvalue weighted by Crippen LogP contribution is -2.24. The maximum absolute atomic E-state index is 12.3. The summed E-state index contributed by atoms with van der Waals surface area (Å²) in [6.07, 6.45) is -1.07. The zero-order valence-electron chi connectivity index (χ0n) is 15.5. The lowest BCUT2D eigenvalue weighted by Gasteiger charge is -2.11. The van der Waals surface area contributed by atoms with Crippen LogP contribution in [-0.4, -0.2) is 34.4 Å². The second kappa shape index (κ2) is 9.29. The number of nitrogens with zero attached hydrogens (tertiary/aromatic N) is 2. The van der Waals surface area contributed by atoms with Crippen LogP contribution in [0, 0.1) is 6.92 Å². The highest BCUT2D eigenvalue weighted by Crippen LogP contribution is 2.20. The van der Waals surface area contributed by atoms with Crippen LogP contribution in [0.15, 0.2) is 30.6 Å². The van der Waals surface area contributed by atoms with Crippen molar-refractivity contribution in [1.29, 1.82) is 0 Å². The number of halogens is 3. The summed E-state index contributed by atoms with van der Waals surface area (Å²) in [5.74, 6) is -0.530. The molecule has 1 amide bonds. The lowest BCUT2D eigenvalue weighted by atomic mass is 10.1. The molecule has 1 N–H and O–H groups in total. The number of alkyl halides is 3. The third kappa shape index (κ3) is 6.64. The fourth-order valence-electron chi connectivity index (χ4n) is 2.33. The number of carbonyl (C=O) groups is 2. The zero-order valence-corrected chi connectivity index (χ0v) is 15.5. The van der Waals surface area contributed by atoms with Gasteiger partial charge < -0.3 is 10.1 Å². The Kier molecular flexibility index (Phi) is 7.08. The predicted molar refractivity (Wildman–Crippen MR) is 94.9 cm³/mol. The fourth-order valence-corrected chi connectivity index (χ4v) is 2.33. The summed E-state index contributed by atoms with van der Waals surface area (Å²) in [5.41, 5.74) is 1.92.